The number of hydrogen-bond donors (Lipinski definition) is 1. The molecule has 2 N–H and O–H groups in total. The maximum absolute atomic E-state index is 5.80. The van der Waals surface area contributed by atoms with E-state index in [1.807, 2.05) is 30.3 Å². The predicted molar refractivity (Wildman–Crippen MR) is 79.2 cm³/mol. The summed E-state index contributed by atoms with van der Waals surface area (Å²) in [6, 6.07) is 13.5. The minimum atomic E-state index is 0.506. The lowest BCUT2D eigenvalue weighted by atomic mass is 10.0. The molecule has 2 nitrogen and oxygen atoms in total. The second-order valence-corrected chi connectivity index (χ2v) is 5.37. The zero-order valence-electron chi connectivity index (χ0n) is 10.5. The van der Waals surface area contributed by atoms with Gasteiger partial charge in [0.05, 0.1) is 4.47 Å². The molecule has 0 saturated carbocycles. The molecule has 0 saturated heterocycles. The van der Waals surface area contributed by atoms with Crippen LogP contribution in [0.3, 0.4) is 0 Å². The Morgan fingerprint density at radius 2 is 1.72 bits per heavy atom. The Hall–Kier alpha value is -1.48. The quantitative estimate of drug-likeness (QED) is 0.815. The van der Waals surface area contributed by atoms with E-state index in [1.165, 1.54) is 5.56 Å². The van der Waals surface area contributed by atoms with Crippen LogP contribution < -0.4 is 10.5 Å². The van der Waals surface area contributed by atoms with Crippen molar-refractivity contribution in [3.8, 4) is 11.5 Å². The summed E-state index contributed by atoms with van der Waals surface area (Å²) < 4.78 is 6.76. The van der Waals surface area contributed by atoms with Gasteiger partial charge in [0.15, 0.2) is 0 Å². The normalized spacial score (nSPS) is 10.7. The van der Waals surface area contributed by atoms with E-state index in [9.17, 15) is 0 Å². The van der Waals surface area contributed by atoms with Crippen molar-refractivity contribution in [2.45, 2.75) is 19.8 Å². The molecule has 0 aliphatic carbocycles. The first-order valence-electron chi connectivity index (χ1n) is 5.89. The lowest BCUT2D eigenvalue weighted by Gasteiger charge is -2.11. The minimum Gasteiger partial charge on any atom is -0.456 e. The third kappa shape index (κ3) is 3.05. The largest absolute Gasteiger partial charge is 0.456 e. The SMILES string of the molecule is CC(C)c1ccc(Oc2ccc(N)cc2)c(Br)c1. The van der Waals surface area contributed by atoms with E-state index in [0.717, 1.165) is 21.7 Å². The smallest absolute Gasteiger partial charge is 0.141 e. The molecule has 0 bridgehead atoms. The molecule has 2 aromatic rings. The van der Waals surface area contributed by atoms with Crippen LogP contribution in [0.15, 0.2) is 46.9 Å². The van der Waals surface area contributed by atoms with Gasteiger partial charge in [-0.3, -0.25) is 0 Å². The van der Waals surface area contributed by atoms with Gasteiger partial charge in [-0.1, -0.05) is 19.9 Å². The lowest BCUT2D eigenvalue weighted by Crippen LogP contribution is -1.90. The number of halogens is 1. The maximum atomic E-state index is 5.80. The van der Waals surface area contributed by atoms with Crippen LogP contribution in [-0.4, -0.2) is 0 Å². The molecular formula is C15H16BrNO. The van der Waals surface area contributed by atoms with E-state index in [1.54, 1.807) is 0 Å². The fourth-order valence-corrected chi connectivity index (χ4v) is 2.10. The molecule has 2 rings (SSSR count). The Labute approximate surface area is 116 Å². The van der Waals surface area contributed by atoms with Gasteiger partial charge in [-0.05, 0) is 63.8 Å². The highest BCUT2D eigenvalue weighted by Gasteiger charge is 2.06. The Bertz CT molecular complexity index is 535. The van der Waals surface area contributed by atoms with E-state index in [2.05, 4.69) is 41.9 Å². The molecule has 0 spiro atoms. The molecule has 0 unspecified atom stereocenters. The van der Waals surface area contributed by atoms with Crippen molar-refractivity contribution in [3.63, 3.8) is 0 Å². The van der Waals surface area contributed by atoms with Crippen LogP contribution in [-0.2, 0) is 0 Å². The van der Waals surface area contributed by atoms with Gasteiger partial charge in [-0.2, -0.15) is 0 Å². The van der Waals surface area contributed by atoms with Crippen molar-refractivity contribution < 1.29 is 4.74 Å². The molecule has 0 radical (unpaired) electrons. The van der Waals surface area contributed by atoms with Gasteiger partial charge >= 0.3 is 0 Å². The third-order valence-electron chi connectivity index (χ3n) is 2.73. The van der Waals surface area contributed by atoms with Crippen molar-refractivity contribution in [2.24, 2.45) is 0 Å². The van der Waals surface area contributed by atoms with E-state index < -0.39 is 0 Å². The number of ether oxygens (including phenoxy) is 1. The molecule has 0 aliphatic rings. The molecule has 0 aliphatic heterocycles. The second-order valence-electron chi connectivity index (χ2n) is 4.52. The summed E-state index contributed by atoms with van der Waals surface area (Å²) in [5.74, 6) is 2.10. The molecule has 0 fully saturated rings. The summed E-state index contributed by atoms with van der Waals surface area (Å²) in [7, 11) is 0. The predicted octanol–water partition coefficient (Wildman–Crippen LogP) is 4.95. The monoisotopic (exact) mass is 305 g/mol. The zero-order chi connectivity index (χ0) is 13.1. The number of benzene rings is 2. The van der Waals surface area contributed by atoms with Crippen molar-refractivity contribution in [2.75, 3.05) is 5.73 Å². The number of hydrogen-bond acceptors (Lipinski definition) is 2. The van der Waals surface area contributed by atoms with E-state index in [4.69, 9.17) is 10.5 Å². The first-order chi connectivity index (χ1) is 8.56. The van der Waals surface area contributed by atoms with E-state index in [0.29, 0.717) is 5.92 Å². The van der Waals surface area contributed by atoms with Crippen molar-refractivity contribution >= 4 is 21.6 Å². The highest BCUT2D eigenvalue weighted by atomic mass is 79.9. The van der Waals surface area contributed by atoms with Gasteiger partial charge in [0, 0.05) is 5.69 Å². The molecular weight excluding hydrogens is 290 g/mol. The summed E-state index contributed by atoms with van der Waals surface area (Å²) in [6.45, 7) is 4.34. The van der Waals surface area contributed by atoms with E-state index in [-0.39, 0.29) is 0 Å². The zero-order valence-corrected chi connectivity index (χ0v) is 12.1. The maximum Gasteiger partial charge on any atom is 0.141 e. The van der Waals surface area contributed by atoms with Crippen LogP contribution >= 0.6 is 15.9 Å². The van der Waals surface area contributed by atoms with Gasteiger partial charge in [-0.15, -0.1) is 0 Å². The van der Waals surface area contributed by atoms with Crippen LogP contribution in [0, 0.1) is 0 Å². The van der Waals surface area contributed by atoms with Crippen molar-refractivity contribution in [1.82, 2.24) is 0 Å². The van der Waals surface area contributed by atoms with Crippen LogP contribution in [0.2, 0.25) is 0 Å². The molecule has 3 heteroatoms. The summed E-state index contributed by atoms with van der Waals surface area (Å²) in [6.07, 6.45) is 0. The van der Waals surface area contributed by atoms with Crippen molar-refractivity contribution in [3.05, 3.63) is 52.5 Å². The first-order valence-corrected chi connectivity index (χ1v) is 6.68. The molecule has 2 aromatic carbocycles. The fourth-order valence-electron chi connectivity index (χ4n) is 1.62. The standard InChI is InChI=1S/C15H16BrNO/c1-10(2)11-3-8-15(14(16)9-11)18-13-6-4-12(17)5-7-13/h3-10H,17H2,1-2H3. The summed E-state index contributed by atoms with van der Waals surface area (Å²) >= 11 is 3.54. The van der Waals surface area contributed by atoms with E-state index >= 15 is 0 Å². The third-order valence-corrected chi connectivity index (χ3v) is 3.35. The Kier molecular flexibility index (Phi) is 3.92. The highest BCUT2D eigenvalue weighted by molar-refractivity contribution is 9.10. The molecule has 18 heavy (non-hydrogen) atoms. The molecule has 0 heterocycles. The van der Waals surface area contributed by atoms with Gasteiger partial charge in [0.2, 0.25) is 0 Å². The second kappa shape index (κ2) is 5.44. The number of anilines is 1. The molecule has 0 amide bonds. The first kappa shape index (κ1) is 13.0. The Morgan fingerprint density at radius 3 is 2.28 bits per heavy atom. The Balaban J connectivity index is 2.22. The van der Waals surface area contributed by atoms with Gasteiger partial charge in [0.25, 0.3) is 0 Å². The van der Waals surface area contributed by atoms with Gasteiger partial charge < -0.3 is 10.5 Å². The van der Waals surface area contributed by atoms with Crippen LogP contribution in [0.5, 0.6) is 11.5 Å². The summed E-state index contributed by atoms with van der Waals surface area (Å²) in [5, 5.41) is 0. The topological polar surface area (TPSA) is 35.2 Å². The highest BCUT2D eigenvalue weighted by Crippen LogP contribution is 2.32. The van der Waals surface area contributed by atoms with Gasteiger partial charge in [-0.25, -0.2) is 0 Å². The average Bonchev–Trinajstić information content (AvgIpc) is 2.34. The number of nitrogen functional groups attached to an aromatic ring is 1. The number of nitrogens with two attached hydrogens (primary N) is 1. The van der Waals surface area contributed by atoms with Crippen LogP contribution in [0.4, 0.5) is 5.69 Å². The van der Waals surface area contributed by atoms with Crippen molar-refractivity contribution in [1.29, 1.82) is 0 Å². The minimum absolute atomic E-state index is 0.506. The summed E-state index contributed by atoms with van der Waals surface area (Å²) in [5.41, 5.74) is 7.66. The summed E-state index contributed by atoms with van der Waals surface area (Å²) in [4.78, 5) is 0. The molecule has 0 atom stereocenters. The lowest BCUT2D eigenvalue weighted by molar-refractivity contribution is 0.479. The van der Waals surface area contributed by atoms with Gasteiger partial charge in [0.1, 0.15) is 11.5 Å². The molecule has 0 aromatic heterocycles. The van der Waals surface area contributed by atoms with Crippen LogP contribution in [0.1, 0.15) is 25.3 Å². The number of rotatable bonds is 3. The molecule has 94 valence electrons. The average molecular weight is 306 g/mol. The fraction of sp³-hybridized carbons (Fsp3) is 0.200. The van der Waals surface area contributed by atoms with Crippen LogP contribution in [0.25, 0.3) is 0 Å². The Morgan fingerprint density at radius 1 is 1.06 bits per heavy atom.